The molecule has 0 aromatic carbocycles. The summed E-state index contributed by atoms with van der Waals surface area (Å²) >= 11 is 0. The highest BCUT2D eigenvalue weighted by Gasteiger charge is 2.42. The summed E-state index contributed by atoms with van der Waals surface area (Å²) in [7, 11) is 2.89. The lowest BCUT2D eigenvalue weighted by Gasteiger charge is -2.03. The topological polar surface area (TPSA) is 55.6 Å². The Morgan fingerprint density at radius 1 is 1.47 bits per heavy atom. The predicted molar refractivity (Wildman–Crippen MR) is 51.8 cm³/mol. The number of nitrogens with zero attached hydrogens (tertiary/aromatic N) is 2. The number of halogens is 3. The van der Waals surface area contributed by atoms with E-state index < -0.39 is 23.6 Å². The Labute approximate surface area is 95.2 Å². The van der Waals surface area contributed by atoms with Gasteiger partial charge in [0.25, 0.3) is 6.01 Å². The molecular formula is C9H11F3N2O3. The van der Waals surface area contributed by atoms with Crippen LogP contribution in [0.4, 0.5) is 19.2 Å². The third-order valence-electron chi connectivity index (χ3n) is 1.73. The molecule has 1 aromatic rings. The number of oxazole rings is 1. The van der Waals surface area contributed by atoms with Crippen LogP contribution in [0.2, 0.25) is 0 Å². The maximum atomic E-state index is 12.6. The molecule has 0 unspecified atom stereocenters. The molecule has 1 heterocycles. The molecule has 1 rings (SSSR count). The first-order valence-corrected chi connectivity index (χ1v) is 4.69. The quantitative estimate of drug-likeness (QED) is 0.769. The monoisotopic (exact) mass is 252 g/mol. The van der Waals surface area contributed by atoms with E-state index in [1.807, 2.05) is 0 Å². The zero-order chi connectivity index (χ0) is 13.2. The Hall–Kier alpha value is -1.73. The zero-order valence-electron chi connectivity index (χ0n) is 9.46. The molecule has 0 amide bonds. The molecule has 0 bridgehead atoms. The third kappa shape index (κ3) is 2.89. The number of rotatable bonds is 3. The van der Waals surface area contributed by atoms with Crippen molar-refractivity contribution in [2.24, 2.45) is 0 Å². The van der Waals surface area contributed by atoms with E-state index in [9.17, 15) is 18.0 Å². The SMILES string of the molecule is CCOC(=O)c1oc(N(C)C)nc1C(F)(F)F. The lowest BCUT2D eigenvalue weighted by atomic mass is 10.3. The average Bonchev–Trinajstić information content (AvgIpc) is 2.61. The van der Waals surface area contributed by atoms with Crippen molar-refractivity contribution in [2.45, 2.75) is 13.1 Å². The highest BCUT2D eigenvalue weighted by atomic mass is 19.4. The Bertz CT molecular complexity index is 412. The third-order valence-corrected chi connectivity index (χ3v) is 1.73. The summed E-state index contributed by atoms with van der Waals surface area (Å²) in [4.78, 5) is 15.7. The van der Waals surface area contributed by atoms with Crippen molar-refractivity contribution < 1.29 is 27.1 Å². The highest BCUT2D eigenvalue weighted by molar-refractivity contribution is 5.88. The molecule has 0 spiro atoms. The molecule has 96 valence electrons. The van der Waals surface area contributed by atoms with Crippen LogP contribution in [-0.2, 0) is 10.9 Å². The second-order valence-electron chi connectivity index (χ2n) is 3.29. The number of carbonyl (C=O) groups excluding carboxylic acids is 1. The molecule has 0 N–H and O–H groups in total. The van der Waals surface area contributed by atoms with Crippen molar-refractivity contribution >= 4 is 12.0 Å². The van der Waals surface area contributed by atoms with Gasteiger partial charge in [-0.05, 0) is 6.92 Å². The van der Waals surface area contributed by atoms with Crippen molar-refractivity contribution in [3.05, 3.63) is 11.5 Å². The Morgan fingerprint density at radius 3 is 2.47 bits per heavy atom. The van der Waals surface area contributed by atoms with Crippen molar-refractivity contribution in [2.75, 3.05) is 25.6 Å². The fourth-order valence-electron chi connectivity index (χ4n) is 1.03. The van der Waals surface area contributed by atoms with Gasteiger partial charge in [-0.1, -0.05) is 0 Å². The van der Waals surface area contributed by atoms with Crippen LogP contribution in [0.25, 0.3) is 0 Å². The van der Waals surface area contributed by atoms with Crippen LogP contribution in [0.15, 0.2) is 4.42 Å². The van der Waals surface area contributed by atoms with Crippen molar-refractivity contribution in [1.82, 2.24) is 4.98 Å². The summed E-state index contributed by atoms with van der Waals surface area (Å²) in [5.41, 5.74) is -1.38. The van der Waals surface area contributed by atoms with Gasteiger partial charge in [0.1, 0.15) is 0 Å². The first-order chi connectivity index (χ1) is 7.77. The molecule has 0 aliphatic heterocycles. The molecule has 0 saturated heterocycles. The molecule has 0 fully saturated rings. The standard InChI is InChI=1S/C9H11F3N2O3/c1-4-16-7(15)5-6(9(10,11)12)13-8(17-5)14(2)3/h4H2,1-3H3. The fourth-order valence-corrected chi connectivity index (χ4v) is 1.03. The molecule has 0 aliphatic rings. The van der Waals surface area contributed by atoms with Gasteiger partial charge in [-0.3, -0.25) is 0 Å². The first-order valence-electron chi connectivity index (χ1n) is 4.69. The van der Waals surface area contributed by atoms with E-state index >= 15 is 0 Å². The van der Waals surface area contributed by atoms with E-state index in [2.05, 4.69) is 9.72 Å². The summed E-state index contributed by atoms with van der Waals surface area (Å²) in [6.07, 6.45) is -4.76. The van der Waals surface area contributed by atoms with Gasteiger partial charge >= 0.3 is 12.1 Å². The van der Waals surface area contributed by atoms with Gasteiger partial charge < -0.3 is 14.1 Å². The number of anilines is 1. The minimum atomic E-state index is -4.76. The molecule has 0 radical (unpaired) electrons. The molecule has 17 heavy (non-hydrogen) atoms. The smallest absolute Gasteiger partial charge is 0.437 e. The van der Waals surface area contributed by atoms with Crippen LogP contribution in [0.5, 0.6) is 0 Å². The number of ether oxygens (including phenoxy) is 1. The highest BCUT2D eigenvalue weighted by Crippen LogP contribution is 2.33. The number of esters is 1. The molecular weight excluding hydrogens is 241 g/mol. The number of alkyl halides is 3. The van der Waals surface area contributed by atoms with E-state index in [1.165, 1.54) is 25.9 Å². The van der Waals surface area contributed by atoms with Crippen LogP contribution >= 0.6 is 0 Å². The van der Waals surface area contributed by atoms with Gasteiger partial charge in [0.2, 0.25) is 5.76 Å². The fraction of sp³-hybridized carbons (Fsp3) is 0.556. The zero-order valence-corrected chi connectivity index (χ0v) is 9.46. The molecule has 5 nitrogen and oxygen atoms in total. The van der Waals surface area contributed by atoms with Crippen LogP contribution < -0.4 is 4.90 Å². The minimum absolute atomic E-state index is 0.0475. The van der Waals surface area contributed by atoms with Gasteiger partial charge in [0, 0.05) is 14.1 Å². The van der Waals surface area contributed by atoms with E-state index in [0.717, 1.165) is 0 Å². The Balaban J connectivity index is 3.22. The summed E-state index contributed by atoms with van der Waals surface area (Å²) in [6, 6.07) is -0.305. The van der Waals surface area contributed by atoms with Crippen molar-refractivity contribution in [3.8, 4) is 0 Å². The molecule has 0 saturated carbocycles. The Morgan fingerprint density at radius 2 is 2.06 bits per heavy atom. The van der Waals surface area contributed by atoms with Gasteiger partial charge in [-0.2, -0.15) is 18.2 Å². The molecule has 0 aliphatic carbocycles. The molecule has 8 heteroatoms. The average molecular weight is 252 g/mol. The number of carbonyl (C=O) groups is 1. The largest absolute Gasteiger partial charge is 0.460 e. The summed E-state index contributed by atoms with van der Waals surface area (Å²) in [6.45, 7) is 1.43. The number of aromatic nitrogens is 1. The number of hydrogen-bond donors (Lipinski definition) is 0. The van der Waals surface area contributed by atoms with Crippen LogP contribution in [-0.4, -0.2) is 31.7 Å². The van der Waals surface area contributed by atoms with Crippen LogP contribution in [0.1, 0.15) is 23.2 Å². The first kappa shape index (κ1) is 13.3. The Kier molecular flexibility index (Phi) is 3.64. The van der Waals surface area contributed by atoms with Gasteiger partial charge in [0.05, 0.1) is 6.61 Å². The lowest BCUT2D eigenvalue weighted by Crippen LogP contribution is -2.14. The minimum Gasteiger partial charge on any atom is -0.460 e. The second-order valence-corrected chi connectivity index (χ2v) is 3.29. The van der Waals surface area contributed by atoms with Gasteiger partial charge in [-0.25, -0.2) is 4.79 Å². The normalized spacial score (nSPS) is 11.4. The van der Waals surface area contributed by atoms with E-state index in [0.29, 0.717) is 0 Å². The maximum absolute atomic E-state index is 12.6. The summed E-state index contributed by atoms with van der Waals surface area (Å²) < 4.78 is 46.9. The van der Waals surface area contributed by atoms with E-state index in [4.69, 9.17) is 4.42 Å². The number of hydrogen-bond acceptors (Lipinski definition) is 5. The predicted octanol–water partition coefficient (Wildman–Crippen LogP) is 1.94. The maximum Gasteiger partial charge on any atom is 0.437 e. The summed E-state index contributed by atoms with van der Waals surface area (Å²) in [5, 5.41) is 0. The molecule has 1 aromatic heterocycles. The van der Waals surface area contributed by atoms with Crippen LogP contribution in [0.3, 0.4) is 0 Å². The van der Waals surface area contributed by atoms with Crippen molar-refractivity contribution in [3.63, 3.8) is 0 Å². The van der Waals surface area contributed by atoms with Crippen molar-refractivity contribution in [1.29, 1.82) is 0 Å². The van der Waals surface area contributed by atoms with Gasteiger partial charge in [-0.15, -0.1) is 0 Å². The van der Waals surface area contributed by atoms with E-state index in [1.54, 1.807) is 0 Å². The van der Waals surface area contributed by atoms with E-state index in [-0.39, 0.29) is 12.6 Å². The second kappa shape index (κ2) is 4.64. The summed E-state index contributed by atoms with van der Waals surface area (Å²) in [5.74, 6) is -2.11. The van der Waals surface area contributed by atoms with Gasteiger partial charge in [0.15, 0.2) is 5.69 Å². The van der Waals surface area contributed by atoms with Crippen LogP contribution in [0, 0.1) is 0 Å². The molecule has 0 atom stereocenters. The lowest BCUT2D eigenvalue weighted by molar-refractivity contribution is -0.141.